The Labute approximate surface area is 611 Å². The van der Waals surface area contributed by atoms with Gasteiger partial charge in [-0.3, -0.25) is 57.5 Å². The second kappa shape index (κ2) is 38.2. The molecule has 25 heteroatoms. The molecule has 3 aliphatic carbocycles. The Morgan fingerprint density at radius 3 is 1.75 bits per heavy atom. The lowest BCUT2D eigenvalue weighted by molar-refractivity contribution is -0.160. The summed E-state index contributed by atoms with van der Waals surface area (Å²) in [6, 6.07) is -10.3. The van der Waals surface area contributed by atoms with Gasteiger partial charge in [-0.2, -0.15) is 0 Å². The van der Waals surface area contributed by atoms with Crippen molar-refractivity contribution in [3.8, 4) is 0 Å². The number of nitrogens with one attached hydrogen (secondary N) is 4. The number of alkyl halides is 1. The molecule has 24 nitrogen and oxygen atoms in total. The van der Waals surface area contributed by atoms with Crippen LogP contribution in [0.15, 0.2) is 0 Å². The molecular formula is C75H127IN12O12. The number of hydrogen-bond donors (Lipinski definition) is 4. The summed E-state index contributed by atoms with van der Waals surface area (Å²) in [5.74, 6) is -6.69. The zero-order chi connectivity index (χ0) is 74.2. The molecule has 4 N–H and O–H groups in total. The third-order valence-corrected chi connectivity index (χ3v) is 24.5. The molecule has 3 saturated carbocycles. The average molecular weight is 1520 g/mol. The van der Waals surface area contributed by atoms with Gasteiger partial charge in [0.25, 0.3) is 0 Å². The van der Waals surface area contributed by atoms with Crippen molar-refractivity contribution in [1.82, 2.24) is 60.5 Å². The van der Waals surface area contributed by atoms with Crippen molar-refractivity contribution < 1.29 is 57.5 Å². The Morgan fingerprint density at radius 2 is 1.16 bits per heavy atom. The molecule has 6 rings (SSSR count). The zero-order valence-electron chi connectivity index (χ0n) is 63.7. The van der Waals surface area contributed by atoms with Gasteiger partial charge in [0.1, 0.15) is 59.9 Å². The molecule has 6 fully saturated rings. The van der Waals surface area contributed by atoms with E-state index in [0.29, 0.717) is 67.4 Å². The molecular weight excluding hydrogens is 1390 g/mol. The summed E-state index contributed by atoms with van der Waals surface area (Å²) < 4.78 is 0.351. The Kier molecular flexibility index (Phi) is 31.8. The minimum absolute atomic E-state index is 0.0506. The van der Waals surface area contributed by atoms with Crippen molar-refractivity contribution >= 4 is 93.5 Å². The first-order valence-electron chi connectivity index (χ1n) is 38.1. The number of piperidine rings is 1. The van der Waals surface area contributed by atoms with Crippen molar-refractivity contribution in [3.05, 3.63) is 0 Å². The smallest absolute Gasteiger partial charge is 0.246 e. The van der Waals surface area contributed by atoms with Gasteiger partial charge in [-0.1, -0.05) is 148 Å². The minimum atomic E-state index is -1.65. The lowest BCUT2D eigenvalue weighted by atomic mass is 9.79. The lowest BCUT2D eigenvalue weighted by Gasteiger charge is -2.45. The Bertz CT molecular complexity index is 2840. The summed E-state index contributed by atoms with van der Waals surface area (Å²) >= 11 is 2.44. The predicted octanol–water partition coefficient (Wildman–Crippen LogP) is 7.07. The number of likely N-dealkylation sites (N-methyl/N-ethyl adjacent to an activating group) is 6. The Balaban J connectivity index is 1.43. The fourth-order valence-corrected chi connectivity index (χ4v) is 16.9. The van der Waals surface area contributed by atoms with Gasteiger partial charge in [0.05, 0.1) is 13.0 Å². The third-order valence-electron chi connectivity index (χ3n) is 23.4. The maximum Gasteiger partial charge on any atom is 0.246 e. The van der Waals surface area contributed by atoms with E-state index < -0.39 is 150 Å². The summed E-state index contributed by atoms with van der Waals surface area (Å²) in [4.78, 5) is 191. The minimum Gasteiger partial charge on any atom is -0.343 e. The van der Waals surface area contributed by atoms with Crippen molar-refractivity contribution in [1.29, 1.82) is 0 Å². The molecule has 2 unspecified atom stereocenters. The van der Waals surface area contributed by atoms with Gasteiger partial charge < -0.3 is 60.5 Å². The zero-order valence-corrected chi connectivity index (χ0v) is 65.8. The number of halogens is 1. The summed E-state index contributed by atoms with van der Waals surface area (Å²) in [5, 5.41) is 12.0. The van der Waals surface area contributed by atoms with Crippen LogP contribution in [0.4, 0.5) is 0 Å². The van der Waals surface area contributed by atoms with Crippen molar-refractivity contribution in [3.63, 3.8) is 0 Å². The largest absolute Gasteiger partial charge is 0.343 e. The first-order valence-corrected chi connectivity index (χ1v) is 39.3. The van der Waals surface area contributed by atoms with E-state index in [-0.39, 0.29) is 55.9 Å². The molecule has 0 spiro atoms. The fourth-order valence-electron chi connectivity index (χ4n) is 15.7. The van der Waals surface area contributed by atoms with Gasteiger partial charge in [0.15, 0.2) is 0 Å². The molecule has 0 radical (unpaired) electrons. The van der Waals surface area contributed by atoms with E-state index in [1.54, 1.807) is 32.7 Å². The van der Waals surface area contributed by atoms with Crippen LogP contribution in [0.25, 0.3) is 0 Å². The number of amides is 12. The number of carbonyl (C=O) groups excluding carboxylic acids is 12. The number of nitrogens with zero attached hydrogens (tertiary/aromatic N) is 8. The van der Waals surface area contributed by atoms with E-state index in [0.717, 1.165) is 89.9 Å². The normalized spacial score (nSPS) is 31.1. The predicted molar refractivity (Wildman–Crippen MR) is 394 cm³/mol. The third kappa shape index (κ3) is 22.2. The van der Waals surface area contributed by atoms with E-state index in [9.17, 15) is 28.8 Å². The van der Waals surface area contributed by atoms with Crippen LogP contribution >= 0.6 is 22.6 Å². The van der Waals surface area contributed by atoms with Crippen LogP contribution in [0.1, 0.15) is 230 Å². The molecule has 12 atom stereocenters. The van der Waals surface area contributed by atoms with Crippen LogP contribution in [0.2, 0.25) is 0 Å². The molecule has 0 bridgehead atoms. The fraction of sp³-hybridized carbons (Fsp3) is 0.840. The molecule has 3 heterocycles. The molecule has 0 aromatic heterocycles. The number of likely N-dealkylation sites (tertiary alicyclic amines) is 1. The highest BCUT2D eigenvalue weighted by molar-refractivity contribution is 14.1. The van der Waals surface area contributed by atoms with Gasteiger partial charge in [-0.15, -0.1) is 0 Å². The van der Waals surface area contributed by atoms with E-state index in [1.165, 1.54) is 69.5 Å². The number of fused-ring (bicyclic) bond motifs is 1. The van der Waals surface area contributed by atoms with E-state index in [1.807, 2.05) is 41.5 Å². The van der Waals surface area contributed by atoms with E-state index in [4.69, 9.17) is 0 Å². The molecule has 6 aliphatic rings. The maximum atomic E-state index is 15.4. The first-order chi connectivity index (χ1) is 47.1. The van der Waals surface area contributed by atoms with Crippen LogP contribution in [-0.4, -0.2) is 242 Å². The van der Waals surface area contributed by atoms with Crippen LogP contribution in [-0.2, 0) is 57.5 Å². The van der Waals surface area contributed by atoms with E-state index >= 15 is 28.8 Å². The second-order valence-electron chi connectivity index (χ2n) is 32.3. The lowest BCUT2D eigenvalue weighted by Crippen LogP contribution is -2.65. The van der Waals surface area contributed by atoms with Gasteiger partial charge in [-0.05, 0) is 139 Å². The number of carbonyl (C=O) groups is 12. The summed E-state index contributed by atoms with van der Waals surface area (Å²) in [7, 11) is 8.95. The van der Waals surface area contributed by atoms with Crippen LogP contribution < -0.4 is 21.3 Å². The summed E-state index contributed by atoms with van der Waals surface area (Å²) in [5.41, 5.74) is -1.65. The standard InChI is InChI=1S/C75H127IN12O12/c1-17-49(7)64-73(99)82(12)50(8)67(93)88-38-35-58(88)71(97)85(15)60(43-52-31-29-48(6)30-32-52)70(96)81(11)45-62(89)77-56(42-53-27-24-28-54(76)41-53)65(91)78-55(34-33-51-25-20-18-21-26-51)69(95)86(16)75(9,10)74(100)79-57(39-46(2)3)68(94)84(14)61(72(98)87-36-22-19-23-37-87)44-63(90)83(13)59(40-47(4)5)66(92)80-64/h46-61,64H,17-45H2,1-16H3,(H,77,89)(H,78,91)(H,79,100)(H,80,92)/t48?,49-,50-,52?,53?,54?,55-,56-,57-,58-,59-,60-,61-,64-/m0/s1. The quantitative estimate of drug-likeness (QED) is 0.100. The average Bonchev–Trinajstić information content (AvgIpc) is 0.787. The molecule has 100 heavy (non-hydrogen) atoms. The highest BCUT2D eigenvalue weighted by Gasteiger charge is 2.48. The first kappa shape index (κ1) is 83.3. The topological polar surface area (TPSA) is 279 Å². The highest BCUT2D eigenvalue weighted by atomic mass is 127. The molecule has 3 aliphatic heterocycles. The Hall–Kier alpha value is -5.63. The van der Waals surface area contributed by atoms with E-state index in [2.05, 4.69) is 50.8 Å². The molecule has 3 saturated heterocycles. The monoisotopic (exact) mass is 1510 g/mol. The van der Waals surface area contributed by atoms with Gasteiger partial charge in [-0.25, -0.2) is 0 Å². The van der Waals surface area contributed by atoms with Crippen LogP contribution in [0.5, 0.6) is 0 Å². The summed E-state index contributed by atoms with van der Waals surface area (Å²) in [6.45, 7) is 18.7. The Morgan fingerprint density at radius 1 is 0.540 bits per heavy atom. The summed E-state index contributed by atoms with van der Waals surface area (Å²) in [6.07, 6.45) is 16.6. The van der Waals surface area contributed by atoms with Gasteiger partial charge in [0.2, 0.25) is 70.9 Å². The molecule has 12 amide bonds. The van der Waals surface area contributed by atoms with Crippen molar-refractivity contribution in [2.75, 3.05) is 68.5 Å². The number of rotatable bonds is 14. The van der Waals surface area contributed by atoms with Gasteiger partial charge in [0, 0.05) is 65.8 Å². The second-order valence-corrected chi connectivity index (χ2v) is 34.1. The maximum absolute atomic E-state index is 15.4. The van der Waals surface area contributed by atoms with Crippen LogP contribution in [0.3, 0.4) is 0 Å². The molecule has 566 valence electrons. The molecule has 0 aromatic rings. The molecule has 0 aromatic carbocycles. The van der Waals surface area contributed by atoms with Crippen molar-refractivity contribution in [2.45, 2.75) is 294 Å². The number of hydrogen-bond acceptors (Lipinski definition) is 12. The van der Waals surface area contributed by atoms with Gasteiger partial charge >= 0.3 is 0 Å². The highest BCUT2D eigenvalue weighted by Crippen LogP contribution is 2.36. The van der Waals surface area contributed by atoms with Crippen molar-refractivity contribution in [2.24, 2.45) is 41.4 Å². The SMILES string of the molecule is CC[C@H](C)[C@@H]1NC(=O)[C@H](CC(C)C)N(C)C(=O)C[C@@H](C(=O)N2CCCCC2)N(C)C(=O)[C@H](CC(C)C)NC(=O)C(C)(C)N(C)C(=O)[C@H](CCC2CCCCC2)NC(=O)[C@H](CC2CCCC(I)C2)NC(=O)CN(C)C(=O)[C@H](CC2CCC(C)CC2)N(C)C(=O)[C@@H]2CCN2C(=O)[C@H](C)N(C)C1=O. The van der Waals surface area contributed by atoms with Crippen LogP contribution in [0, 0.1) is 41.4 Å².